The van der Waals surface area contributed by atoms with Gasteiger partial charge in [0.1, 0.15) is 6.54 Å². The van der Waals surface area contributed by atoms with Gasteiger partial charge in [0, 0.05) is 37.3 Å². The summed E-state index contributed by atoms with van der Waals surface area (Å²) in [4.78, 5) is 10.8. The third-order valence-electron chi connectivity index (χ3n) is 5.64. The van der Waals surface area contributed by atoms with E-state index in [9.17, 15) is 4.79 Å². The summed E-state index contributed by atoms with van der Waals surface area (Å²) < 4.78 is 7.55. The van der Waals surface area contributed by atoms with Gasteiger partial charge in [0.15, 0.2) is 5.71 Å². The minimum absolute atomic E-state index is 0.162. The Labute approximate surface area is 156 Å². The molecule has 0 fully saturated rings. The van der Waals surface area contributed by atoms with Crippen molar-refractivity contribution >= 4 is 28.1 Å². The zero-order chi connectivity index (χ0) is 18.7. The number of rotatable bonds is 6. The van der Waals surface area contributed by atoms with Crippen LogP contribution in [0.15, 0.2) is 36.4 Å². The van der Waals surface area contributed by atoms with Gasteiger partial charge in [0.05, 0.1) is 6.61 Å². The molecule has 1 aliphatic heterocycles. The van der Waals surface area contributed by atoms with Crippen LogP contribution in [0.4, 0.5) is 5.69 Å². The Hall–Kier alpha value is -2.16. The average Bonchev–Trinajstić information content (AvgIpc) is 2.60. The van der Waals surface area contributed by atoms with Crippen LogP contribution in [0.1, 0.15) is 52.5 Å². The van der Waals surface area contributed by atoms with Crippen LogP contribution in [0.3, 0.4) is 0 Å². The van der Waals surface area contributed by atoms with E-state index in [-0.39, 0.29) is 11.4 Å². The van der Waals surface area contributed by atoms with E-state index in [2.05, 4.69) is 61.7 Å². The van der Waals surface area contributed by atoms with Crippen molar-refractivity contribution in [1.29, 1.82) is 0 Å². The molecule has 0 N–H and O–H groups in total. The number of esters is 1. The van der Waals surface area contributed by atoms with Crippen LogP contribution in [0.5, 0.6) is 0 Å². The molecule has 3 rings (SSSR count). The summed E-state index contributed by atoms with van der Waals surface area (Å²) in [7, 11) is 0. The van der Waals surface area contributed by atoms with Crippen molar-refractivity contribution in [2.45, 2.75) is 53.4 Å². The van der Waals surface area contributed by atoms with Gasteiger partial charge < -0.3 is 4.74 Å². The number of benzene rings is 2. The van der Waals surface area contributed by atoms with Gasteiger partial charge in [-0.15, -0.1) is 0 Å². The predicted molar refractivity (Wildman–Crippen MR) is 107 cm³/mol. The summed E-state index contributed by atoms with van der Waals surface area (Å²) in [5.74, 6) is -0.187. The quantitative estimate of drug-likeness (QED) is 0.403. The summed E-state index contributed by atoms with van der Waals surface area (Å²) >= 11 is 0. The molecule has 0 unspecified atom stereocenters. The predicted octanol–water partition coefficient (Wildman–Crippen LogP) is 5.26. The lowest BCUT2D eigenvalue weighted by atomic mass is 9.77. The fourth-order valence-electron chi connectivity index (χ4n) is 3.93. The first-order valence-corrected chi connectivity index (χ1v) is 9.66. The van der Waals surface area contributed by atoms with Crippen LogP contribution >= 0.6 is 0 Å². The Kier molecular flexibility index (Phi) is 5.45. The van der Waals surface area contributed by atoms with Crippen molar-refractivity contribution in [2.24, 2.45) is 5.41 Å². The van der Waals surface area contributed by atoms with Gasteiger partial charge in [-0.2, -0.15) is 4.58 Å². The smallest absolute Gasteiger partial charge is 0.302 e. The minimum atomic E-state index is -0.187. The largest absolute Gasteiger partial charge is 0.466 e. The normalized spacial score (nSPS) is 15.8. The number of carbonyl (C=O) groups excluding carboxylic acids is 1. The molecule has 0 saturated heterocycles. The Bertz CT molecular complexity index is 848. The molecule has 0 bridgehead atoms. The first-order chi connectivity index (χ1) is 12.4. The number of hydrogen-bond donors (Lipinski definition) is 0. The van der Waals surface area contributed by atoms with E-state index >= 15 is 0 Å². The lowest BCUT2D eigenvalue weighted by Crippen LogP contribution is -2.36. The third kappa shape index (κ3) is 3.82. The highest BCUT2D eigenvalue weighted by Gasteiger charge is 2.38. The van der Waals surface area contributed by atoms with Crippen molar-refractivity contribution in [3.05, 3.63) is 42.0 Å². The molecule has 0 aromatic heterocycles. The van der Waals surface area contributed by atoms with Gasteiger partial charge in [0.2, 0.25) is 5.69 Å². The molecular weight excluding hydrogens is 322 g/mol. The number of fused-ring (bicyclic) bond motifs is 3. The van der Waals surface area contributed by atoms with E-state index in [1.54, 1.807) is 0 Å². The minimum Gasteiger partial charge on any atom is -0.466 e. The maximum atomic E-state index is 10.8. The van der Waals surface area contributed by atoms with E-state index < -0.39 is 0 Å². The first-order valence-electron chi connectivity index (χ1n) is 9.66. The van der Waals surface area contributed by atoms with Gasteiger partial charge in [-0.1, -0.05) is 24.3 Å². The maximum Gasteiger partial charge on any atom is 0.302 e. The number of hydrogen-bond acceptors (Lipinski definition) is 2. The number of carbonyl (C=O) groups is 1. The van der Waals surface area contributed by atoms with E-state index in [1.165, 1.54) is 34.7 Å². The Morgan fingerprint density at radius 2 is 1.88 bits per heavy atom. The molecule has 26 heavy (non-hydrogen) atoms. The highest BCUT2D eigenvalue weighted by atomic mass is 16.5. The van der Waals surface area contributed by atoms with Gasteiger partial charge >= 0.3 is 5.97 Å². The van der Waals surface area contributed by atoms with Crippen LogP contribution in [0.25, 0.3) is 10.8 Å². The van der Waals surface area contributed by atoms with E-state index in [0.29, 0.717) is 6.61 Å². The molecule has 0 amide bonds. The molecule has 1 aliphatic rings. The second-order valence-electron chi connectivity index (χ2n) is 7.98. The Morgan fingerprint density at radius 3 is 2.65 bits per heavy atom. The van der Waals surface area contributed by atoms with Crippen molar-refractivity contribution in [1.82, 2.24) is 0 Å². The summed E-state index contributed by atoms with van der Waals surface area (Å²) in [5.41, 5.74) is 4.44. The first kappa shape index (κ1) is 18.6. The summed E-state index contributed by atoms with van der Waals surface area (Å²) in [6.45, 7) is 9.99. The summed E-state index contributed by atoms with van der Waals surface area (Å²) in [6.07, 6.45) is 4.18. The summed E-state index contributed by atoms with van der Waals surface area (Å²) in [5, 5.41) is 2.70. The van der Waals surface area contributed by atoms with Crippen LogP contribution in [0, 0.1) is 5.41 Å². The van der Waals surface area contributed by atoms with E-state index in [1.807, 2.05) is 0 Å². The molecule has 138 valence electrons. The van der Waals surface area contributed by atoms with Gasteiger partial charge in [-0.25, -0.2) is 0 Å². The number of unbranched alkanes of at least 4 members (excludes halogenated alkanes) is 2. The second-order valence-corrected chi connectivity index (χ2v) is 7.98. The monoisotopic (exact) mass is 352 g/mol. The van der Waals surface area contributed by atoms with Crippen molar-refractivity contribution < 1.29 is 14.1 Å². The molecule has 0 saturated carbocycles. The highest BCUT2D eigenvalue weighted by molar-refractivity contribution is 5.93. The molecule has 3 nitrogen and oxygen atoms in total. The lowest BCUT2D eigenvalue weighted by molar-refractivity contribution is -0.449. The molecule has 1 heterocycles. The van der Waals surface area contributed by atoms with Gasteiger partial charge in [0.25, 0.3) is 0 Å². The van der Waals surface area contributed by atoms with Crippen molar-refractivity contribution in [2.75, 3.05) is 13.2 Å². The maximum absolute atomic E-state index is 10.8. The zero-order valence-corrected chi connectivity index (χ0v) is 16.5. The molecule has 0 atom stereocenters. The number of ether oxygens (including phenoxy) is 1. The van der Waals surface area contributed by atoms with Gasteiger partial charge in [-0.05, 0) is 49.9 Å². The SMILES string of the molecule is CC(=O)OCCCCC[N+]1=C(C)C(C)(C)Cc2c1ccc1ccccc21. The topological polar surface area (TPSA) is 29.3 Å². The average molecular weight is 352 g/mol. The Morgan fingerprint density at radius 1 is 1.12 bits per heavy atom. The second kappa shape index (κ2) is 7.61. The van der Waals surface area contributed by atoms with Gasteiger partial charge in [-0.3, -0.25) is 4.79 Å². The molecule has 0 aliphatic carbocycles. The van der Waals surface area contributed by atoms with Crippen LogP contribution in [-0.2, 0) is 16.0 Å². The van der Waals surface area contributed by atoms with E-state index in [4.69, 9.17) is 4.74 Å². The fraction of sp³-hybridized carbons (Fsp3) is 0.478. The standard InChI is InChI=1S/C23H30NO2/c1-17-23(3,4)16-21-20-11-7-6-10-19(20)12-13-22(21)24(17)14-8-5-9-15-26-18(2)25/h6-7,10-13H,5,8-9,14-16H2,1-4H3/q+1. The molecular formula is C23H30NO2+. The van der Waals surface area contributed by atoms with Crippen molar-refractivity contribution in [3.8, 4) is 0 Å². The van der Waals surface area contributed by atoms with Crippen molar-refractivity contribution in [3.63, 3.8) is 0 Å². The highest BCUT2D eigenvalue weighted by Crippen LogP contribution is 2.39. The molecule has 0 spiro atoms. The molecule has 0 radical (unpaired) electrons. The third-order valence-corrected chi connectivity index (χ3v) is 5.64. The van der Waals surface area contributed by atoms with E-state index in [0.717, 1.165) is 32.2 Å². The molecule has 2 aromatic carbocycles. The molecule has 3 heteroatoms. The zero-order valence-electron chi connectivity index (χ0n) is 16.5. The summed E-state index contributed by atoms with van der Waals surface area (Å²) in [6, 6.07) is 13.2. The Balaban J connectivity index is 1.82. The van der Waals surface area contributed by atoms with Crippen LogP contribution in [0.2, 0.25) is 0 Å². The number of nitrogens with zero attached hydrogens (tertiary/aromatic N) is 1. The van der Waals surface area contributed by atoms with Crippen LogP contribution < -0.4 is 0 Å². The molecule has 2 aromatic rings. The fourth-order valence-corrected chi connectivity index (χ4v) is 3.93. The van der Waals surface area contributed by atoms with Crippen LogP contribution in [-0.4, -0.2) is 29.4 Å². The lowest BCUT2D eigenvalue weighted by Gasteiger charge is -2.30.